The summed E-state index contributed by atoms with van der Waals surface area (Å²) < 4.78 is 0. The minimum atomic E-state index is 0.0188. The molecule has 2 heteroatoms. The summed E-state index contributed by atoms with van der Waals surface area (Å²) in [7, 11) is 0. The lowest BCUT2D eigenvalue weighted by molar-refractivity contribution is 0.626. The van der Waals surface area contributed by atoms with Crippen molar-refractivity contribution in [1.29, 1.82) is 5.26 Å². The molecule has 0 aliphatic heterocycles. The monoisotopic (exact) mass is 520 g/mol. The molecule has 0 aromatic heterocycles. The van der Waals surface area contributed by atoms with Crippen LogP contribution in [0, 0.1) is 38.0 Å². The van der Waals surface area contributed by atoms with Crippen molar-refractivity contribution in [2.24, 2.45) is 5.92 Å². The zero-order valence-corrected chi connectivity index (χ0v) is 24.0. The van der Waals surface area contributed by atoms with E-state index in [0.29, 0.717) is 23.8 Å². The number of rotatable bonds is 4. The quantitative estimate of drug-likeness (QED) is 0.240. The van der Waals surface area contributed by atoms with Gasteiger partial charge in [-0.15, -0.1) is 0 Å². The van der Waals surface area contributed by atoms with Crippen molar-refractivity contribution < 1.29 is 0 Å². The summed E-state index contributed by atoms with van der Waals surface area (Å²) in [4.78, 5) is 0. The molecule has 2 aliphatic carbocycles. The van der Waals surface area contributed by atoms with E-state index in [2.05, 4.69) is 126 Å². The summed E-state index contributed by atoms with van der Waals surface area (Å²) in [5, 5.41) is 10.3. The van der Waals surface area contributed by atoms with Gasteiger partial charge in [0.15, 0.2) is 0 Å². The maximum absolute atomic E-state index is 10.3. The summed E-state index contributed by atoms with van der Waals surface area (Å²) in [6.45, 7) is 10.9. The molecule has 40 heavy (non-hydrogen) atoms. The average molecular weight is 521 g/mol. The number of fused-ring (bicyclic) bond motifs is 3. The Kier molecular flexibility index (Phi) is 6.47. The van der Waals surface area contributed by atoms with Gasteiger partial charge in [0.25, 0.3) is 0 Å². The molecule has 0 saturated heterocycles. The number of nitrogen functional groups attached to an aromatic ring is 1. The van der Waals surface area contributed by atoms with Crippen molar-refractivity contribution in [1.82, 2.24) is 0 Å². The molecule has 2 unspecified atom stereocenters. The van der Waals surface area contributed by atoms with Gasteiger partial charge < -0.3 is 5.73 Å². The lowest BCUT2D eigenvalue weighted by atomic mass is 9.78. The van der Waals surface area contributed by atoms with E-state index in [4.69, 9.17) is 5.73 Å². The molecule has 0 saturated carbocycles. The molecule has 6 rings (SSSR count). The molecular formula is C38H36N2. The third-order valence-electron chi connectivity index (χ3n) is 8.78. The topological polar surface area (TPSA) is 49.8 Å². The highest BCUT2D eigenvalue weighted by molar-refractivity contribution is 5.83. The molecule has 4 aromatic rings. The van der Waals surface area contributed by atoms with E-state index in [1.807, 2.05) is 0 Å². The molecule has 2 nitrogen and oxygen atoms in total. The van der Waals surface area contributed by atoms with Crippen LogP contribution >= 0.6 is 0 Å². The Labute approximate surface area is 238 Å². The fourth-order valence-electron chi connectivity index (χ4n) is 6.67. The molecule has 198 valence electrons. The van der Waals surface area contributed by atoms with Gasteiger partial charge in [0.1, 0.15) is 0 Å². The molecule has 2 N–H and O–H groups in total. The fraction of sp³-hybridized carbons (Fsp3) is 0.237. The van der Waals surface area contributed by atoms with E-state index >= 15 is 0 Å². The van der Waals surface area contributed by atoms with Crippen LogP contribution in [-0.2, 0) is 6.42 Å². The summed E-state index contributed by atoms with van der Waals surface area (Å²) in [5.41, 5.74) is 23.0. The van der Waals surface area contributed by atoms with E-state index in [9.17, 15) is 5.26 Å². The Morgan fingerprint density at radius 3 is 2.00 bits per heavy atom. The minimum Gasteiger partial charge on any atom is -0.398 e. The predicted molar refractivity (Wildman–Crippen MR) is 167 cm³/mol. The van der Waals surface area contributed by atoms with Crippen LogP contribution in [0.15, 0.2) is 90.5 Å². The molecule has 0 amide bonds. The van der Waals surface area contributed by atoms with Crippen LogP contribution in [0.2, 0.25) is 0 Å². The minimum absolute atomic E-state index is 0.0188. The Morgan fingerprint density at radius 1 is 0.725 bits per heavy atom. The van der Waals surface area contributed by atoms with Gasteiger partial charge in [-0.2, -0.15) is 5.26 Å². The zero-order valence-electron chi connectivity index (χ0n) is 24.0. The highest BCUT2D eigenvalue weighted by atomic mass is 14.6. The molecule has 2 aliphatic rings. The Bertz CT molecular complexity index is 1710. The number of hydrogen-bond acceptors (Lipinski definition) is 2. The maximum Gasteiger partial charge on any atom is 0.0994 e. The van der Waals surface area contributed by atoms with Gasteiger partial charge in [0.2, 0.25) is 0 Å². The van der Waals surface area contributed by atoms with Crippen molar-refractivity contribution in [2.45, 2.75) is 52.9 Å². The van der Waals surface area contributed by atoms with Gasteiger partial charge in [0.05, 0.1) is 11.6 Å². The van der Waals surface area contributed by atoms with E-state index in [-0.39, 0.29) is 5.92 Å². The third kappa shape index (κ3) is 4.46. The van der Waals surface area contributed by atoms with Crippen LogP contribution in [0.1, 0.15) is 81.3 Å². The summed E-state index contributed by atoms with van der Waals surface area (Å²) in [6, 6.07) is 26.7. The molecular weight excluding hydrogens is 484 g/mol. The van der Waals surface area contributed by atoms with Gasteiger partial charge >= 0.3 is 0 Å². The molecule has 0 spiro atoms. The fourth-order valence-corrected chi connectivity index (χ4v) is 6.67. The van der Waals surface area contributed by atoms with Gasteiger partial charge in [0, 0.05) is 17.5 Å². The smallest absolute Gasteiger partial charge is 0.0994 e. The first-order valence-corrected chi connectivity index (χ1v) is 14.2. The van der Waals surface area contributed by atoms with Crippen LogP contribution in [0.3, 0.4) is 0 Å². The number of allylic oxidation sites excluding steroid dienone is 4. The number of hydrogen-bond donors (Lipinski definition) is 1. The van der Waals surface area contributed by atoms with E-state index in [1.165, 1.54) is 55.6 Å². The first kappa shape index (κ1) is 25.9. The second-order valence-corrected chi connectivity index (χ2v) is 11.9. The largest absolute Gasteiger partial charge is 0.398 e. The standard InChI is InChI=1S/C38H36N2/c1-22-6-10-26(5)32(14-22)33-15-23(2)7-11-27(33)18-28-20-37(40)36(19-29(28)21-39)38-30-12-8-24(3)16-34(30)35-17-25(4)9-13-31(35)38/h6-17,19-20,26,32,38H,18,40H2,1-5H3. The Hall–Kier alpha value is -4.35. The van der Waals surface area contributed by atoms with Crippen LogP contribution in [-0.4, -0.2) is 0 Å². The van der Waals surface area contributed by atoms with Gasteiger partial charge in [-0.05, 0) is 96.7 Å². The third-order valence-corrected chi connectivity index (χ3v) is 8.78. The number of benzene rings is 4. The van der Waals surface area contributed by atoms with Crippen LogP contribution in [0.25, 0.3) is 11.1 Å². The molecule has 4 aromatic carbocycles. The highest BCUT2D eigenvalue weighted by Crippen LogP contribution is 2.50. The van der Waals surface area contributed by atoms with Crippen LogP contribution < -0.4 is 5.73 Å². The van der Waals surface area contributed by atoms with Crippen molar-refractivity contribution in [2.75, 3.05) is 5.73 Å². The summed E-state index contributed by atoms with van der Waals surface area (Å²) >= 11 is 0. The summed E-state index contributed by atoms with van der Waals surface area (Å²) in [5.74, 6) is 0.757. The second kappa shape index (κ2) is 10.00. The number of anilines is 1. The lowest BCUT2D eigenvalue weighted by Gasteiger charge is -2.26. The lowest BCUT2D eigenvalue weighted by Crippen LogP contribution is -2.12. The van der Waals surface area contributed by atoms with E-state index < -0.39 is 0 Å². The number of nitriles is 1. The SMILES string of the molecule is CC1=CC(c2cc(C)ccc2Cc2cc(N)c(C3c4ccc(C)cc4-c4cc(C)ccc43)cc2C#N)C(C)C=C1. The van der Waals surface area contributed by atoms with Gasteiger partial charge in [-0.3, -0.25) is 0 Å². The van der Waals surface area contributed by atoms with Gasteiger partial charge in [-0.1, -0.05) is 102 Å². The molecule has 0 radical (unpaired) electrons. The average Bonchev–Trinajstić information content (AvgIpc) is 3.23. The first-order chi connectivity index (χ1) is 19.2. The Balaban J connectivity index is 1.44. The maximum atomic E-state index is 10.3. The molecule has 0 heterocycles. The van der Waals surface area contributed by atoms with Crippen molar-refractivity contribution in [3.05, 3.63) is 146 Å². The first-order valence-electron chi connectivity index (χ1n) is 14.2. The van der Waals surface area contributed by atoms with Crippen molar-refractivity contribution in [3.63, 3.8) is 0 Å². The normalized spacial score (nSPS) is 17.8. The molecule has 0 bridgehead atoms. The summed E-state index contributed by atoms with van der Waals surface area (Å²) in [6.07, 6.45) is 7.58. The van der Waals surface area contributed by atoms with E-state index in [0.717, 1.165) is 16.8 Å². The van der Waals surface area contributed by atoms with Crippen LogP contribution in [0.4, 0.5) is 5.69 Å². The van der Waals surface area contributed by atoms with Crippen molar-refractivity contribution >= 4 is 5.69 Å². The van der Waals surface area contributed by atoms with Crippen LogP contribution in [0.5, 0.6) is 0 Å². The number of aryl methyl sites for hydroxylation is 3. The zero-order chi connectivity index (χ0) is 28.1. The second-order valence-electron chi connectivity index (χ2n) is 11.9. The van der Waals surface area contributed by atoms with E-state index in [1.54, 1.807) is 0 Å². The highest BCUT2D eigenvalue weighted by Gasteiger charge is 2.32. The number of nitrogens with zero attached hydrogens (tertiary/aromatic N) is 1. The van der Waals surface area contributed by atoms with Gasteiger partial charge in [-0.25, -0.2) is 0 Å². The number of nitrogens with two attached hydrogens (primary N) is 1. The Morgan fingerprint density at radius 2 is 1.35 bits per heavy atom. The van der Waals surface area contributed by atoms with Crippen molar-refractivity contribution in [3.8, 4) is 17.2 Å². The molecule has 2 atom stereocenters. The molecule has 0 fully saturated rings. The predicted octanol–water partition coefficient (Wildman–Crippen LogP) is 9.05.